The van der Waals surface area contributed by atoms with Gasteiger partial charge in [-0.25, -0.2) is 13.8 Å². The van der Waals surface area contributed by atoms with Gasteiger partial charge in [0.05, 0.1) is 36.0 Å². The first-order valence-electron chi connectivity index (χ1n) is 23.7. The summed E-state index contributed by atoms with van der Waals surface area (Å²) in [5.41, 5.74) is 16.7. The minimum atomic E-state index is -1.17. The average molecular weight is 1040 g/mol. The van der Waals surface area contributed by atoms with Crippen LogP contribution in [0.3, 0.4) is 0 Å². The number of para-hydroxylation sites is 1. The number of halogens is 3. The van der Waals surface area contributed by atoms with Gasteiger partial charge >= 0.3 is 0 Å². The molecular weight excluding hydrogens is 967 g/mol. The maximum Gasteiger partial charge on any atom is 0.254 e. The van der Waals surface area contributed by atoms with Gasteiger partial charge in [0.1, 0.15) is 11.2 Å². The van der Waals surface area contributed by atoms with Gasteiger partial charge in [-0.2, -0.15) is 0 Å². The fourth-order valence-electron chi connectivity index (χ4n) is 7.75. The number of ketones is 3. The number of carbonyl (C=O) groups is 6. The summed E-state index contributed by atoms with van der Waals surface area (Å²) in [4.78, 5) is 79.4. The van der Waals surface area contributed by atoms with E-state index in [9.17, 15) is 41.8 Å². The molecule has 4 unspecified atom stereocenters. The van der Waals surface area contributed by atoms with E-state index in [0.717, 1.165) is 89.2 Å². The first-order valence-corrected chi connectivity index (χ1v) is 26.3. The van der Waals surface area contributed by atoms with Crippen molar-refractivity contribution in [1.29, 1.82) is 0 Å². The number of rotatable bonds is 28. The summed E-state index contributed by atoms with van der Waals surface area (Å²) < 4.78 is 43.9. The maximum absolute atomic E-state index is 13.7. The van der Waals surface area contributed by atoms with Crippen molar-refractivity contribution >= 4 is 61.8 Å². The highest BCUT2D eigenvalue weighted by Crippen LogP contribution is 2.26. The predicted molar refractivity (Wildman–Crippen MR) is 264 cm³/mol. The molecule has 0 saturated heterocycles. The Bertz CT molecular complexity index is 1880. The molecule has 2 saturated carbocycles. The molecule has 16 nitrogen and oxygen atoms in total. The third kappa shape index (κ3) is 23.5. The second kappa shape index (κ2) is 34.3. The van der Waals surface area contributed by atoms with Crippen molar-refractivity contribution in [3.8, 4) is 5.75 Å². The molecule has 1 aromatic carbocycles. The predicted octanol–water partition coefficient (Wildman–Crippen LogP) is 4.66. The number of unbranched alkanes of at least 4 members (excludes halogenated alkanes) is 3. The fraction of sp³-hybridized carbons (Fsp3) is 0.646. The van der Waals surface area contributed by atoms with E-state index in [2.05, 4.69) is 36.9 Å². The van der Waals surface area contributed by atoms with Crippen molar-refractivity contribution in [2.75, 3.05) is 58.9 Å². The number of aromatic nitrogens is 1. The summed E-state index contributed by atoms with van der Waals surface area (Å²) in [6.45, 7) is 1.44. The van der Waals surface area contributed by atoms with Gasteiger partial charge in [-0.1, -0.05) is 31.7 Å². The van der Waals surface area contributed by atoms with Crippen LogP contribution in [0.25, 0.3) is 0 Å². The fourth-order valence-corrected chi connectivity index (χ4v) is 8.79. The minimum Gasteiger partial charge on any atom is -0.480 e. The Morgan fingerprint density at radius 3 is 1.60 bits per heavy atom. The molecule has 4 rings (SSSR count). The summed E-state index contributed by atoms with van der Waals surface area (Å²) in [6.07, 6.45) is 17.5. The first kappa shape index (κ1) is 60.0. The molecule has 0 bridgehead atoms. The molecule has 4 atom stereocenters. The largest absolute Gasteiger partial charge is 0.480 e. The summed E-state index contributed by atoms with van der Waals surface area (Å²) >= 11 is 3.18. The average Bonchev–Trinajstić information content (AvgIpc) is 4.05. The molecular formula is C48H75BrF2N8O8S. The number of carbonyl (C=O) groups excluding carboxylic acids is 6. The van der Waals surface area contributed by atoms with E-state index >= 15 is 0 Å². The molecule has 9 N–H and O–H groups in total. The van der Waals surface area contributed by atoms with E-state index in [1.54, 1.807) is 12.1 Å². The van der Waals surface area contributed by atoms with Gasteiger partial charge in [0.2, 0.25) is 11.8 Å². The monoisotopic (exact) mass is 1040 g/mol. The van der Waals surface area contributed by atoms with Crippen LogP contribution in [0.2, 0.25) is 0 Å². The number of nitrogens with zero attached hydrogens (tertiary/aromatic N) is 2. The highest BCUT2D eigenvalue weighted by molar-refractivity contribution is 9.10. The van der Waals surface area contributed by atoms with E-state index in [4.69, 9.17) is 21.9 Å². The lowest BCUT2D eigenvalue weighted by Gasteiger charge is -2.21. The van der Waals surface area contributed by atoms with Crippen LogP contribution in [-0.4, -0.2) is 126 Å². The minimum absolute atomic E-state index is 0.0121. The number of ether oxygens (including phenoxy) is 1. The molecule has 68 heavy (non-hydrogen) atoms. The highest BCUT2D eigenvalue weighted by Gasteiger charge is 2.29. The van der Waals surface area contributed by atoms with Crippen molar-refractivity contribution in [2.45, 2.75) is 127 Å². The molecule has 2 aromatic rings. The molecule has 2 fully saturated rings. The van der Waals surface area contributed by atoms with Crippen molar-refractivity contribution in [1.82, 2.24) is 25.8 Å². The third-order valence-electron chi connectivity index (χ3n) is 11.5. The quantitative estimate of drug-likeness (QED) is 0.0502. The zero-order chi connectivity index (χ0) is 50.4. The SMILES string of the molecule is CN(C)CC(=O)C(CCCCN)NC(=O)C1CCCC1.CS(=O)CC(=O)C(CCCCN)NC(=O)C1CCCC1.NCCCCC(NC(=O)c1cccnc1Br)C(=O)COc1c(F)cccc1F. The lowest BCUT2D eigenvalue weighted by molar-refractivity contribution is -0.130. The molecule has 0 aliphatic heterocycles. The maximum atomic E-state index is 13.7. The van der Waals surface area contributed by atoms with Gasteiger partial charge in [-0.15, -0.1) is 0 Å². The van der Waals surface area contributed by atoms with E-state index in [0.29, 0.717) is 62.9 Å². The Morgan fingerprint density at radius 2 is 1.18 bits per heavy atom. The van der Waals surface area contributed by atoms with Crippen molar-refractivity contribution < 1.29 is 46.5 Å². The Morgan fingerprint density at radius 1 is 0.721 bits per heavy atom. The topological polar surface area (TPSA) is 259 Å². The van der Waals surface area contributed by atoms with E-state index in [1.165, 1.54) is 18.5 Å². The van der Waals surface area contributed by atoms with Crippen LogP contribution in [0, 0.1) is 23.5 Å². The third-order valence-corrected chi connectivity index (χ3v) is 12.8. The molecule has 2 aliphatic rings. The molecule has 1 heterocycles. The van der Waals surface area contributed by atoms with Crippen LogP contribution in [0.5, 0.6) is 5.75 Å². The van der Waals surface area contributed by atoms with Crippen LogP contribution in [-0.2, 0) is 34.8 Å². The summed E-state index contributed by atoms with van der Waals surface area (Å²) in [6, 6.07) is 4.67. The number of Topliss-reactive ketones (excluding diaryl/α,β-unsaturated/α-hetero) is 3. The Kier molecular flexibility index (Phi) is 30.2. The number of hydrogen-bond donors (Lipinski definition) is 6. The lowest BCUT2D eigenvalue weighted by atomic mass is 10.0. The van der Waals surface area contributed by atoms with Crippen LogP contribution in [0.1, 0.15) is 120 Å². The number of benzene rings is 1. The van der Waals surface area contributed by atoms with Crippen molar-refractivity contribution in [3.05, 3.63) is 58.3 Å². The number of hydrogen-bond acceptors (Lipinski definition) is 13. The number of nitrogens with one attached hydrogen (secondary N) is 3. The van der Waals surface area contributed by atoms with Gasteiger partial charge < -0.3 is 42.8 Å². The van der Waals surface area contributed by atoms with Gasteiger partial charge in [0.25, 0.3) is 5.91 Å². The summed E-state index contributed by atoms with van der Waals surface area (Å²) in [7, 11) is 2.57. The second-order valence-electron chi connectivity index (χ2n) is 17.5. The second-order valence-corrected chi connectivity index (χ2v) is 19.7. The van der Waals surface area contributed by atoms with E-state index in [1.807, 2.05) is 19.0 Å². The van der Waals surface area contributed by atoms with Crippen molar-refractivity contribution in [3.63, 3.8) is 0 Å². The Balaban J connectivity index is 0.000000358. The Hall–Kier alpha value is -4.08. The molecule has 2 aliphatic carbocycles. The smallest absolute Gasteiger partial charge is 0.254 e. The summed E-state index contributed by atoms with van der Waals surface area (Å²) in [5, 5.41) is 8.46. The number of amides is 3. The molecule has 0 spiro atoms. The van der Waals surface area contributed by atoms with Crippen LogP contribution >= 0.6 is 15.9 Å². The standard InChI is InChI=1S/C19H20BrF2N3O3.C15H29N3O2.C14H26N2O3S/c20-18-12(5-4-10-24-18)19(27)25-15(8-1-2-9-23)16(26)11-28-17-13(21)6-3-7-14(17)22;1-18(2)11-14(19)13(9-5-6-10-16)17-15(20)12-7-3-4-8-12;1-20(19)10-13(17)12(8-4-5-9-15)16-14(18)11-6-2-3-7-11/h3-7,10,15H,1-2,8-9,11,23H2,(H,25,27);12-13H,3-11,16H2,1-2H3,(H,17,20);11-12H,2-10,15H2,1H3,(H,16,18). The molecule has 3 amide bonds. The highest BCUT2D eigenvalue weighted by atomic mass is 79.9. The van der Waals surface area contributed by atoms with Crippen LogP contribution < -0.4 is 37.9 Å². The van der Waals surface area contributed by atoms with Crippen LogP contribution in [0.4, 0.5) is 8.78 Å². The normalized spacial score (nSPS) is 15.4. The van der Waals surface area contributed by atoms with Gasteiger partial charge in [-0.3, -0.25) is 33.0 Å². The molecule has 1 aromatic heterocycles. The van der Waals surface area contributed by atoms with Gasteiger partial charge in [0.15, 0.2) is 34.7 Å². The Labute approximate surface area is 411 Å². The number of pyridine rings is 1. The lowest BCUT2D eigenvalue weighted by Crippen LogP contribution is -2.46. The number of likely N-dealkylation sites (N-methyl/N-ethyl adjacent to an activating group) is 1. The van der Waals surface area contributed by atoms with Gasteiger partial charge in [-0.05, 0) is 157 Å². The number of nitrogens with two attached hydrogens (primary N) is 3. The van der Waals surface area contributed by atoms with E-state index < -0.39 is 58.6 Å². The molecule has 0 radical (unpaired) electrons. The zero-order valence-corrected chi connectivity index (χ0v) is 42.5. The summed E-state index contributed by atoms with van der Waals surface area (Å²) in [5.74, 6) is -3.26. The molecule has 20 heteroatoms. The van der Waals surface area contributed by atoms with Crippen LogP contribution in [0.15, 0.2) is 41.1 Å². The van der Waals surface area contributed by atoms with Gasteiger partial charge in [0, 0.05) is 35.1 Å². The molecule has 382 valence electrons. The van der Waals surface area contributed by atoms with E-state index in [-0.39, 0.29) is 52.6 Å². The first-order chi connectivity index (χ1) is 32.5. The van der Waals surface area contributed by atoms with Crippen molar-refractivity contribution in [2.24, 2.45) is 29.0 Å². The zero-order valence-electron chi connectivity index (χ0n) is 40.0.